The maximum atomic E-state index is 14.6. The molecule has 0 radical (unpaired) electrons. The molecule has 2 saturated heterocycles. The van der Waals surface area contributed by atoms with E-state index in [2.05, 4.69) is 12.1 Å². The van der Waals surface area contributed by atoms with E-state index in [1.165, 1.54) is 22.0 Å². The number of carbonyl (C=O) groups excluding carboxylic acids is 1. The lowest BCUT2D eigenvalue weighted by Crippen LogP contribution is -2.45. The molecule has 0 bridgehead atoms. The van der Waals surface area contributed by atoms with Crippen LogP contribution in [0.5, 0.6) is 0 Å². The van der Waals surface area contributed by atoms with Crippen LogP contribution in [0, 0.1) is 5.82 Å². The number of likely N-dealkylation sites (tertiary alicyclic amines) is 1. The van der Waals surface area contributed by atoms with Gasteiger partial charge in [-0.05, 0) is 62.3 Å². The first kappa shape index (κ1) is 22.0. The molecule has 0 unspecified atom stereocenters. The second-order valence-electron chi connectivity index (χ2n) is 8.45. The van der Waals surface area contributed by atoms with Crippen LogP contribution in [0.2, 0.25) is 0 Å². The third kappa shape index (κ3) is 4.83. The van der Waals surface area contributed by atoms with Gasteiger partial charge >= 0.3 is 0 Å². The van der Waals surface area contributed by atoms with Crippen LogP contribution in [0.15, 0.2) is 53.4 Å². The molecule has 5 nitrogen and oxygen atoms in total. The van der Waals surface area contributed by atoms with E-state index < -0.39 is 20.7 Å². The quantitative estimate of drug-likeness (QED) is 0.693. The minimum atomic E-state index is -3.95. The molecule has 0 aromatic heterocycles. The van der Waals surface area contributed by atoms with E-state index in [1.54, 1.807) is 0 Å². The maximum absolute atomic E-state index is 14.6. The summed E-state index contributed by atoms with van der Waals surface area (Å²) in [5.74, 6) is -1.03. The lowest BCUT2D eigenvalue weighted by Gasteiger charge is -2.36. The van der Waals surface area contributed by atoms with Crippen molar-refractivity contribution in [2.75, 3.05) is 19.6 Å². The summed E-state index contributed by atoms with van der Waals surface area (Å²) in [5.41, 5.74) is 1.40. The average molecular weight is 445 g/mol. The monoisotopic (exact) mass is 444 g/mol. The van der Waals surface area contributed by atoms with Crippen LogP contribution < -0.4 is 0 Å². The molecule has 0 aliphatic carbocycles. The van der Waals surface area contributed by atoms with Gasteiger partial charge in [-0.1, -0.05) is 36.8 Å². The molecular formula is C24H29FN2O3S. The van der Waals surface area contributed by atoms with Crippen LogP contribution in [0.25, 0.3) is 0 Å². The van der Waals surface area contributed by atoms with Crippen molar-refractivity contribution >= 4 is 15.9 Å². The molecule has 31 heavy (non-hydrogen) atoms. The molecule has 2 aliphatic heterocycles. The predicted molar refractivity (Wildman–Crippen MR) is 118 cm³/mol. The van der Waals surface area contributed by atoms with Crippen molar-refractivity contribution in [1.29, 1.82) is 0 Å². The number of rotatable bonds is 5. The molecule has 166 valence electrons. The van der Waals surface area contributed by atoms with Crippen molar-refractivity contribution in [3.8, 4) is 0 Å². The summed E-state index contributed by atoms with van der Waals surface area (Å²) in [5, 5.41) is 0. The van der Waals surface area contributed by atoms with Crippen molar-refractivity contribution in [1.82, 2.24) is 9.21 Å². The summed E-state index contributed by atoms with van der Waals surface area (Å²) in [6.07, 6.45) is 6.15. The Kier molecular flexibility index (Phi) is 6.72. The lowest BCUT2D eigenvalue weighted by molar-refractivity contribution is 0.0613. The normalized spacial score (nSPS) is 20.5. The summed E-state index contributed by atoms with van der Waals surface area (Å²) < 4.78 is 41.9. The van der Waals surface area contributed by atoms with Crippen molar-refractivity contribution in [2.24, 2.45) is 0 Å². The van der Waals surface area contributed by atoms with Gasteiger partial charge in [0.15, 0.2) is 0 Å². The van der Waals surface area contributed by atoms with E-state index in [4.69, 9.17) is 0 Å². The Morgan fingerprint density at radius 1 is 0.935 bits per heavy atom. The number of benzene rings is 2. The van der Waals surface area contributed by atoms with Gasteiger partial charge < -0.3 is 4.90 Å². The molecule has 1 atom stereocenters. The molecule has 2 aliphatic rings. The smallest absolute Gasteiger partial charge is 0.254 e. The molecule has 2 aromatic rings. The third-order valence-corrected chi connectivity index (χ3v) is 8.23. The Labute approximate surface area is 183 Å². The van der Waals surface area contributed by atoms with Crippen LogP contribution in [-0.4, -0.2) is 49.2 Å². The van der Waals surface area contributed by atoms with Gasteiger partial charge in [0, 0.05) is 31.2 Å². The average Bonchev–Trinajstić information content (AvgIpc) is 2.80. The summed E-state index contributed by atoms with van der Waals surface area (Å²) in [4.78, 5) is 14.8. The Bertz CT molecular complexity index is 1020. The van der Waals surface area contributed by atoms with Gasteiger partial charge in [0.25, 0.3) is 5.91 Å². The highest BCUT2D eigenvalue weighted by molar-refractivity contribution is 7.89. The van der Waals surface area contributed by atoms with E-state index in [0.29, 0.717) is 19.6 Å². The minimum absolute atomic E-state index is 0.0517. The van der Waals surface area contributed by atoms with Gasteiger partial charge in [0.1, 0.15) is 10.7 Å². The van der Waals surface area contributed by atoms with Crippen LogP contribution in [0.1, 0.15) is 54.4 Å². The third-order valence-electron chi connectivity index (χ3n) is 6.31. The molecule has 0 saturated carbocycles. The summed E-state index contributed by atoms with van der Waals surface area (Å²) in [6.45, 7) is 1.42. The number of sulfonamides is 1. The van der Waals surface area contributed by atoms with Crippen molar-refractivity contribution in [3.63, 3.8) is 0 Å². The first-order valence-corrected chi connectivity index (χ1v) is 12.6. The molecule has 2 heterocycles. The Morgan fingerprint density at radius 3 is 2.39 bits per heavy atom. The number of hydrogen-bond donors (Lipinski definition) is 0. The van der Waals surface area contributed by atoms with E-state index in [0.717, 1.165) is 51.0 Å². The van der Waals surface area contributed by atoms with E-state index in [9.17, 15) is 17.6 Å². The SMILES string of the molecule is O=C(c1ccc(F)c(S(=O)(=O)N2CCCCC2)c1)N1CCCC[C@@H]1Cc1ccccc1. The fourth-order valence-electron chi connectivity index (χ4n) is 4.61. The summed E-state index contributed by atoms with van der Waals surface area (Å²) >= 11 is 0. The van der Waals surface area contributed by atoms with Crippen molar-refractivity contribution < 1.29 is 17.6 Å². The number of piperidine rings is 2. The van der Waals surface area contributed by atoms with Gasteiger partial charge in [-0.25, -0.2) is 12.8 Å². The number of halogens is 1. The lowest BCUT2D eigenvalue weighted by atomic mass is 9.95. The molecule has 0 N–H and O–H groups in total. The van der Waals surface area contributed by atoms with Crippen LogP contribution >= 0.6 is 0 Å². The van der Waals surface area contributed by atoms with Crippen LogP contribution in [0.3, 0.4) is 0 Å². The molecule has 1 amide bonds. The maximum Gasteiger partial charge on any atom is 0.254 e. The number of amides is 1. The molecular weight excluding hydrogens is 415 g/mol. The highest BCUT2D eigenvalue weighted by Crippen LogP contribution is 2.27. The van der Waals surface area contributed by atoms with Crippen LogP contribution in [0.4, 0.5) is 4.39 Å². The molecule has 7 heteroatoms. The zero-order valence-electron chi connectivity index (χ0n) is 17.7. The van der Waals surface area contributed by atoms with E-state index in [1.807, 2.05) is 23.1 Å². The van der Waals surface area contributed by atoms with Gasteiger partial charge in [-0.2, -0.15) is 4.31 Å². The minimum Gasteiger partial charge on any atom is -0.335 e. The van der Waals surface area contributed by atoms with Gasteiger partial charge in [0.2, 0.25) is 10.0 Å². The highest BCUT2D eigenvalue weighted by Gasteiger charge is 2.32. The van der Waals surface area contributed by atoms with Crippen molar-refractivity contribution in [3.05, 3.63) is 65.5 Å². The Balaban J connectivity index is 1.59. The molecule has 4 rings (SSSR count). The fourth-order valence-corrected chi connectivity index (χ4v) is 6.22. The second kappa shape index (κ2) is 9.49. The summed E-state index contributed by atoms with van der Waals surface area (Å²) in [6, 6.07) is 13.9. The molecule has 2 fully saturated rings. The zero-order valence-corrected chi connectivity index (χ0v) is 18.5. The van der Waals surface area contributed by atoms with Gasteiger partial charge in [-0.3, -0.25) is 4.79 Å². The predicted octanol–water partition coefficient (Wildman–Crippen LogP) is 4.24. The number of hydrogen-bond acceptors (Lipinski definition) is 3. The molecule has 0 spiro atoms. The van der Waals surface area contributed by atoms with Gasteiger partial charge in [-0.15, -0.1) is 0 Å². The zero-order chi connectivity index (χ0) is 21.8. The number of carbonyl (C=O) groups is 1. The topological polar surface area (TPSA) is 57.7 Å². The first-order chi connectivity index (χ1) is 15.0. The largest absolute Gasteiger partial charge is 0.335 e. The first-order valence-electron chi connectivity index (χ1n) is 11.1. The Hall–Kier alpha value is -2.25. The standard InChI is InChI=1S/C24H29FN2O3S/c25-22-13-12-20(18-23(22)31(29,30)26-14-6-2-7-15-26)24(28)27-16-8-5-11-21(27)17-19-9-3-1-4-10-19/h1,3-4,9-10,12-13,18,21H,2,5-8,11,14-17H2/t21-/m1/s1. The van der Waals surface area contributed by atoms with Gasteiger partial charge in [0.05, 0.1) is 0 Å². The second-order valence-corrected chi connectivity index (χ2v) is 10.4. The highest BCUT2D eigenvalue weighted by atomic mass is 32.2. The fraction of sp³-hybridized carbons (Fsp3) is 0.458. The van der Waals surface area contributed by atoms with Crippen LogP contribution in [-0.2, 0) is 16.4 Å². The van der Waals surface area contributed by atoms with E-state index >= 15 is 0 Å². The number of nitrogens with zero attached hydrogens (tertiary/aromatic N) is 2. The van der Waals surface area contributed by atoms with Crippen molar-refractivity contribution in [2.45, 2.75) is 55.9 Å². The molecule has 2 aromatic carbocycles. The summed E-state index contributed by atoms with van der Waals surface area (Å²) in [7, 11) is -3.95. The van der Waals surface area contributed by atoms with E-state index in [-0.39, 0.29) is 17.5 Å². The Morgan fingerprint density at radius 2 is 1.65 bits per heavy atom.